The van der Waals surface area contributed by atoms with Crippen LogP contribution in [0.4, 0.5) is 0 Å². The van der Waals surface area contributed by atoms with Crippen LogP contribution in [0.5, 0.6) is 0 Å². The maximum atomic E-state index is 10.0. The number of aliphatic hydroxyl groups excluding tert-OH is 1. The molecule has 1 aliphatic rings. The second kappa shape index (κ2) is 8.56. The Hall–Kier alpha value is -3.01. The molecule has 2 aromatic carbocycles. The molecule has 1 aliphatic carbocycles. The maximum Gasteiger partial charge on any atom is 0.155 e. The number of pyridine rings is 1. The van der Waals surface area contributed by atoms with Crippen LogP contribution in [0.15, 0.2) is 64.8 Å². The summed E-state index contributed by atoms with van der Waals surface area (Å²) in [5.41, 5.74) is 5.10. The molecular formula is C24H18IrNO3-. The molecule has 4 aromatic rings. The number of nitrogens with zero attached hydrogens (tertiary/aromatic N) is 1. The molecule has 0 bridgehead atoms. The van der Waals surface area contributed by atoms with E-state index in [1.54, 1.807) is 0 Å². The molecule has 4 nitrogen and oxygen atoms in total. The Labute approximate surface area is 181 Å². The summed E-state index contributed by atoms with van der Waals surface area (Å²) in [6.07, 6.45) is 5.43. The van der Waals surface area contributed by atoms with E-state index < -0.39 is 0 Å². The average Bonchev–Trinajstić information content (AvgIpc) is 3.26. The molecule has 5 rings (SSSR count). The summed E-state index contributed by atoms with van der Waals surface area (Å²) >= 11 is 0. The smallest absolute Gasteiger partial charge is 0.155 e. The fourth-order valence-corrected chi connectivity index (χ4v) is 3.24. The number of rotatable bonds is 2. The van der Waals surface area contributed by atoms with Crippen molar-refractivity contribution in [1.82, 2.24) is 4.98 Å². The molecule has 0 unspecified atom stereocenters. The predicted molar refractivity (Wildman–Crippen MR) is 112 cm³/mol. The number of ketones is 1. The van der Waals surface area contributed by atoms with Crippen LogP contribution in [0.1, 0.15) is 25.0 Å². The first-order valence-electron chi connectivity index (χ1n) is 8.92. The summed E-state index contributed by atoms with van der Waals surface area (Å²) < 4.78 is 5.88. The van der Waals surface area contributed by atoms with E-state index in [0.29, 0.717) is 5.76 Å². The summed E-state index contributed by atoms with van der Waals surface area (Å²) in [6.45, 7) is 2.85. The minimum absolute atomic E-state index is 0. The Bertz CT molecular complexity index is 1230. The molecule has 2 aromatic heterocycles. The second-order valence-corrected chi connectivity index (χ2v) is 6.62. The number of fused-ring (bicyclic) bond motifs is 1. The van der Waals surface area contributed by atoms with Gasteiger partial charge in [-0.2, -0.15) is 0 Å². The summed E-state index contributed by atoms with van der Waals surface area (Å²) in [5, 5.41) is 10.6. The first-order chi connectivity index (χ1) is 13.5. The van der Waals surface area contributed by atoms with Gasteiger partial charge in [0, 0.05) is 42.8 Å². The van der Waals surface area contributed by atoms with Crippen LogP contribution in [0.25, 0.3) is 45.5 Å². The SMILES string of the molecule is CC(=O)C=C(C)O.[Ir].[c-]1c(-c2cc3c4c(cccc4n2)C=C3)oc2ccccc12. The number of carbonyl (C=O) groups excluding carboxylic acids is 1. The van der Waals surface area contributed by atoms with E-state index in [0.717, 1.165) is 22.2 Å². The van der Waals surface area contributed by atoms with Gasteiger partial charge in [-0.25, -0.2) is 0 Å². The Morgan fingerprint density at radius 1 is 1.07 bits per heavy atom. The van der Waals surface area contributed by atoms with E-state index in [4.69, 9.17) is 14.5 Å². The Morgan fingerprint density at radius 2 is 1.83 bits per heavy atom. The summed E-state index contributed by atoms with van der Waals surface area (Å²) in [5.74, 6) is 0.632. The van der Waals surface area contributed by atoms with Crippen LogP contribution in [0.3, 0.4) is 0 Å². The van der Waals surface area contributed by atoms with Gasteiger partial charge in [-0.3, -0.25) is 9.78 Å². The second-order valence-electron chi connectivity index (χ2n) is 6.62. The van der Waals surface area contributed by atoms with Gasteiger partial charge in [0.25, 0.3) is 0 Å². The molecule has 147 valence electrons. The molecular weight excluding hydrogens is 542 g/mol. The average molecular weight is 561 g/mol. The number of hydrogen-bond donors (Lipinski definition) is 1. The van der Waals surface area contributed by atoms with Crippen molar-refractivity contribution in [3.05, 3.63) is 77.6 Å². The van der Waals surface area contributed by atoms with E-state index in [1.165, 1.54) is 36.4 Å². The molecule has 5 heteroatoms. The van der Waals surface area contributed by atoms with E-state index in [9.17, 15) is 4.79 Å². The standard InChI is InChI=1S/C19H10NO.C5H8O2.Ir/c1-2-7-17-13(4-1)11-18(21-17)16-10-14-9-8-12-5-3-6-15(20-16)19(12)14;1-4(6)3-5(2)7;/h1-10H;3,6H,1-2H3;/q-1;;. The van der Waals surface area contributed by atoms with Gasteiger partial charge in [0.15, 0.2) is 5.78 Å². The molecule has 0 spiro atoms. The first-order valence-corrected chi connectivity index (χ1v) is 8.92. The van der Waals surface area contributed by atoms with Crippen molar-refractivity contribution in [2.75, 3.05) is 0 Å². The zero-order chi connectivity index (χ0) is 19.7. The van der Waals surface area contributed by atoms with Crippen LogP contribution >= 0.6 is 0 Å². The van der Waals surface area contributed by atoms with Crippen molar-refractivity contribution in [2.45, 2.75) is 13.8 Å². The number of benzene rings is 2. The van der Waals surface area contributed by atoms with Gasteiger partial charge in [0.1, 0.15) is 0 Å². The molecule has 29 heavy (non-hydrogen) atoms. The van der Waals surface area contributed by atoms with Crippen molar-refractivity contribution in [3.63, 3.8) is 0 Å². The molecule has 0 amide bonds. The molecule has 0 atom stereocenters. The quantitative estimate of drug-likeness (QED) is 0.164. The van der Waals surface area contributed by atoms with Crippen molar-refractivity contribution in [1.29, 1.82) is 0 Å². The van der Waals surface area contributed by atoms with Gasteiger partial charge in [-0.1, -0.05) is 48.6 Å². The van der Waals surface area contributed by atoms with E-state index in [-0.39, 0.29) is 31.6 Å². The summed E-state index contributed by atoms with van der Waals surface area (Å²) in [7, 11) is 0. The Morgan fingerprint density at radius 3 is 2.52 bits per heavy atom. The van der Waals surface area contributed by atoms with Crippen LogP contribution in [0.2, 0.25) is 0 Å². The van der Waals surface area contributed by atoms with Gasteiger partial charge in [0.2, 0.25) is 0 Å². The van der Waals surface area contributed by atoms with E-state index in [2.05, 4.69) is 30.4 Å². The third-order valence-electron chi connectivity index (χ3n) is 4.33. The fourth-order valence-electron chi connectivity index (χ4n) is 3.24. The zero-order valence-electron chi connectivity index (χ0n) is 15.9. The number of hydrogen-bond acceptors (Lipinski definition) is 4. The van der Waals surface area contributed by atoms with Gasteiger partial charge in [-0.05, 0) is 31.0 Å². The topological polar surface area (TPSA) is 63.3 Å². The van der Waals surface area contributed by atoms with Gasteiger partial charge >= 0.3 is 0 Å². The first kappa shape index (κ1) is 20.7. The van der Waals surface area contributed by atoms with Crippen molar-refractivity contribution < 1.29 is 34.4 Å². The van der Waals surface area contributed by atoms with Crippen LogP contribution in [0, 0.1) is 6.07 Å². The molecule has 0 aliphatic heterocycles. The van der Waals surface area contributed by atoms with Crippen LogP contribution in [-0.2, 0) is 24.9 Å². The predicted octanol–water partition coefficient (Wildman–Crippen LogP) is 5.97. The molecule has 0 saturated heterocycles. The monoisotopic (exact) mass is 561 g/mol. The summed E-state index contributed by atoms with van der Waals surface area (Å²) in [4.78, 5) is 14.8. The van der Waals surface area contributed by atoms with Gasteiger partial charge in [-0.15, -0.1) is 17.5 Å². The minimum atomic E-state index is -0.125. The van der Waals surface area contributed by atoms with Crippen LogP contribution < -0.4 is 0 Å². The Balaban J connectivity index is 0.000000263. The fraction of sp³-hybridized carbons (Fsp3) is 0.0833. The zero-order valence-corrected chi connectivity index (χ0v) is 18.3. The van der Waals surface area contributed by atoms with Gasteiger partial charge < -0.3 is 9.52 Å². The minimum Gasteiger partial charge on any atom is -0.518 e. The van der Waals surface area contributed by atoms with Gasteiger partial charge in [0.05, 0.1) is 17.0 Å². The molecule has 0 saturated carbocycles. The summed E-state index contributed by atoms with van der Waals surface area (Å²) in [6, 6.07) is 19.5. The van der Waals surface area contributed by atoms with E-state index in [1.807, 2.05) is 36.4 Å². The number of para-hydroxylation sites is 1. The molecule has 1 radical (unpaired) electrons. The third kappa shape index (κ3) is 4.37. The van der Waals surface area contributed by atoms with Crippen LogP contribution in [-0.4, -0.2) is 15.9 Å². The number of aromatic nitrogens is 1. The number of carbonyl (C=O) groups is 1. The largest absolute Gasteiger partial charge is 0.518 e. The number of aliphatic hydroxyl groups is 1. The van der Waals surface area contributed by atoms with Crippen molar-refractivity contribution in [2.24, 2.45) is 0 Å². The Kier molecular flexibility index (Phi) is 6.11. The van der Waals surface area contributed by atoms with E-state index >= 15 is 0 Å². The van der Waals surface area contributed by atoms with Crippen molar-refractivity contribution >= 4 is 39.8 Å². The third-order valence-corrected chi connectivity index (χ3v) is 4.33. The number of furan rings is 1. The maximum absolute atomic E-state index is 10.0. The molecule has 1 N–H and O–H groups in total. The van der Waals surface area contributed by atoms with Crippen molar-refractivity contribution in [3.8, 4) is 11.5 Å². The molecule has 2 heterocycles. The molecule has 0 fully saturated rings. The number of allylic oxidation sites excluding steroid dienone is 2. The normalized spacial score (nSPS) is 11.9.